The third-order valence-corrected chi connectivity index (χ3v) is 5.19. The van der Waals surface area contributed by atoms with Crippen LogP contribution in [0, 0.1) is 12.8 Å². The Bertz CT molecular complexity index is 1160. The van der Waals surface area contributed by atoms with Gasteiger partial charge in [0.05, 0.1) is 17.3 Å². The Labute approximate surface area is 185 Å². The number of nitrogens with one attached hydrogen (secondary N) is 1. The minimum absolute atomic E-state index is 0.0652. The van der Waals surface area contributed by atoms with E-state index in [1.807, 2.05) is 32.7 Å². The second-order valence-electron chi connectivity index (χ2n) is 8.03. The van der Waals surface area contributed by atoms with Crippen LogP contribution in [0.5, 0.6) is 0 Å². The van der Waals surface area contributed by atoms with Gasteiger partial charge in [0.15, 0.2) is 5.65 Å². The van der Waals surface area contributed by atoms with Crippen LogP contribution in [0.25, 0.3) is 11.0 Å². The molecule has 3 rings (SSSR count). The van der Waals surface area contributed by atoms with Gasteiger partial charge in [0.2, 0.25) is 5.95 Å². The van der Waals surface area contributed by atoms with Gasteiger partial charge in [-0.2, -0.15) is 9.97 Å². The first kappa shape index (κ1) is 22.7. The van der Waals surface area contributed by atoms with Gasteiger partial charge in [-0.05, 0) is 49.1 Å². The fraction of sp³-hybridized carbons (Fsp3) is 0.318. The van der Waals surface area contributed by atoms with Crippen LogP contribution in [0.1, 0.15) is 36.2 Å². The summed E-state index contributed by atoms with van der Waals surface area (Å²) in [6.07, 6.45) is 2.03. The van der Waals surface area contributed by atoms with E-state index in [0.29, 0.717) is 23.0 Å². The lowest BCUT2D eigenvalue weighted by molar-refractivity contribution is -0.139. The number of aliphatic carboxylic acids is 1. The van der Waals surface area contributed by atoms with Crippen molar-refractivity contribution in [2.24, 2.45) is 5.92 Å². The standard InChI is InChI=1S/C22H27N7O3/c1-11(2)9-15(21(31)32)26-20(30)13-5-7-14(8-6-13)29(4)16-10-25-19-17(12(16)3)18(23)27-22(24)28-19/h5-8,10-11,15H,9H2,1-4H3,(H,26,30)(H,31,32)(H4,23,24,25,27,28). The molecule has 168 valence electrons. The molecule has 0 radical (unpaired) electrons. The van der Waals surface area contributed by atoms with Crippen LogP contribution in [-0.2, 0) is 4.79 Å². The van der Waals surface area contributed by atoms with Crippen LogP contribution >= 0.6 is 0 Å². The van der Waals surface area contributed by atoms with Crippen LogP contribution in [0.3, 0.4) is 0 Å². The molecule has 1 amide bonds. The largest absolute Gasteiger partial charge is 0.480 e. The third kappa shape index (κ3) is 4.69. The number of carboxylic acids is 1. The van der Waals surface area contributed by atoms with Crippen molar-refractivity contribution in [3.63, 3.8) is 0 Å². The zero-order valence-electron chi connectivity index (χ0n) is 18.5. The summed E-state index contributed by atoms with van der Waals surface area (Å²) in [5.74, 6) is -1.02. The van der Waals surface area contributed by atoms with Crippen molar-refractivity contribution in [1.29, 1.82) is 0 Å². The fourth-order valence-corrected chi connectivity index (χ4v) is 3.53. The lowest BCUT2D eigenvalue weighted by atomic mass is 10.0. The number of carbonyl (C=O) groups is 2. The van der Waals surface area contributed by atoms with Gasteiger partial charge in [0.1, 0.15) is 11.9 Å². The summed E-state index contributed by atoms with van der Waals surface area (Å²) in [5, 5.41) is 12.6. The van der Waals surface area contributed by atoms with Gasteiger partial charge in [0.25, 0.3) is 5.91 Å². The molecule has 1 unspecified atom stereocenters. The molecule has 0 bridgehead atoms. The highest BCUT2D eigenvalue weighted by molar-refractivity contribution is 5.97. The van der Waals surface area contributed by atoms with Crippen LogP contribution < -0.4 is 21.7 Å². The van der Waals surface area contributed by atoms with Gasteiger partial charge < -0.3 is 26.8 Å². The molecular weight excluding hydrogens is 410 g/mol. The fourth-order valence-electron chi connectivity index (χ4n) is 3.53. The van der Waals surface area contributed by atoms with E-state index >= 15 is 0 Å². The number of hydrogen-bond donors (Lipinski definition) is 4. The zero-order chi connectivity index (χ0) is 23.6. The van der Waals surface area contributed by atoms with Crippen molar-refractivity contribution in [3.8, 4) is 0 Å². The Balaban J connectivity index is 1.84. The molecule has 0 spiro atoms. The Hall–Kier alpha value is -3.95. The summed E-state index contributed by atoms with van der Waals surface area (Å²) in [5.41, 5.74) is 14.9. The highest BCUT2D eigenvalue weighted by Crippen LogP contribution is 2.32. The molecule has 6 N–H and O–H groups in total. The average Bonchev–Trinajstić information content (AvgIpc) is 2.72. The summed E-state index contributed by atoms with van der Waals surface area (Å²) in [6, 6.07) is 5.92. The Morgan fingerprint density at radius 1 is 1.16 bits per heavy atom. The minimum atomic E-state index is -1.05. The van der Waals surface area contributed by atoms with Crippen LogP contribution in [0.2, 0.25) is 0 Å². The number of pyridine rings is 1. The van der Waals surface area contributed by atoms with Crippen LogP contribution in [-0.4, -0.2) is 45.0 Å². The van der Waals surface area contributed by atoms with Crippen molar-refractivity contribution in [1.82, 2.24) is 20.3 Å². The number of nitrogens with two attached hydrogens (primary N) is 2. The number of amides is 1. The average molecular weight is 438 g/mol. The molecular formula is C22H27N7O3. The highest BCUT2D eigenvalue weighted by atomic mass is 16.4. The first-order valence-electron chi connectivity index (χ1n) is 10.1. The molecule has 10 heteroatoms. The quantitative estimate of drug-likeness (QED) is 0.435. The summed E-state index contributed by atoms with van der Waals surface area (Å²) in [4.78, 5) is 38.3. The van der Waals surface area contributed by atoms with E-state index in [1.165, 1.54) is 0 Å². The van der Waals surface area contributed by atoms with Crippen molar-refractivity contribution >= 4 is 46.1 Å². The Morgan fingerprint density at radius 3 is 2.41 bits per heavy atom. The molecule has 0 fully saturated rings. The summed E-state index contributed by atoms with van der Waals surface area (Å²) in [7, 11) is 1.86. The van der Waals surface area contributed by atoms with Gasteiger partial charge in [-0.25, -0.2) is 9.78 Å². The number of aryl methyl sites for hydroxylation is 1. The molecule has 0 saturated carbocycles. The van der Waals surface area contributed by atoms with E-state index in [0.717, 1.165) is 16.9 Å². The maximum Gasteiger partial charge on any atom is 0.326 e. The molecule has 10 nitrogen and oxygen atoms in total. The normalized spacial score (nSPS) is 12.0. The lowest BCUT2D eigenvalue weighted by Gasteiger charge is -2.22. The van der Waals surface area contributed by atoms with E-state index in [9.17, 15) is 14.7 Å². The number of aromatic nitrogens is 3. The van der Waals surface area contributed by atoms with E-state index in [-0.39, 0.29) is 17.7 Å². The molecule has 2 heterocycles. The first-order valence-corrected chi connectivity index (χ1v) is 10.1. The number of hydrogen-bond acceptors (Lipinski definition) is 8. The molecule has 0 aliphatic heterocycles. The van der Waals surface area contributed by atoms with Gasteiger partial charge in [-0.15, -0.1) is 0 Å². The van der Waals surface area contributed by atoms with E-state index in [1.54, 1.807) is 30.5 Å². The highest BCUT2D eigenvalue weighted by Gasteiger charge is 2.22. The van der Waals surface area contributed by atoms with Crippen molar-refractivity contribution in [3.05, 3.63) is 41.6 Å². The van der Waals surface area contributed by atoms with Gasteiger partial charge in [-0.3, -0.25) is 4.79 Å². The number of anilines is 4. The van der Waals surface area contributed by atoms with Crippen molar-refractivity contribution < 1.29 is 14.7 Å². The third-order valence-electron chi connectivity index (χ3n) is 5.19. The van der Waals surface area contributed by atoms with Gasteiger partial charge in [-0.1, -0.05) is 13.8 Å². The summed E-state index contributed by atoms with van der Waals surface area (Å²) in [6.45, 7) is 5.71. The molecule has 2 aromatic heterocycles. The minimum Gasteiger partial charge on any atom is -0.480 e. The Kier molecular flexibility index (Phi) is 6.42. The smallest absolute Gasteiger partial charge is 0.326 e. The van der Waals surface area contributed by atoms with Crippen molar-refractivity contribution in [2.75, 3.05) is 23.4 Å². The van der Waals surface area contributed by atoms with E-state index in [2.05, 4.69) is 20.3 Å². The molecule has 1 atom stereocenters. The molecule has 0 saturated heterocycles. The van der Waals surface area contributed by atoms with Gasteiger partial charge >= 0.3 is 5.97 Å². The number of nitrogen functional groups attached to an aromatic ring is 2. The molecule has 0 aliphatic rings. The second kappa shape index (κ2) is 9.04. The summed E-state index contributed by atoms with van der Waals surface area (Å²) >= 11 is 0. The monoisotopic (exact) mass is 437 g/mol. The topological polar surface area (TPSA) is 160 Å². The SMILES string of the molecule is Cc1c(N(C)c2ccc(C(=O)NC(CC(C)C)C(=O)O)cc2)cnc2nc(N)nc(N)c12. The number of benzene rings is 1. The predicted molar refractivity (Wildman–Crippen MR) is 124 cm³/mol. The zero-order valence-corrected chi connectivity index (χ0v) is 18.5. The number of rotatable bonds is 7. The maximum absolute atomic E-state index is 12.5. The van der Waals surface area contributed by atoms with Crippen LogP contribution in [0.15, 0.2) is 30.5 Å². The number of fused-ring (bicyclic) bond motifs is 1. The number of carbonyl (C=O) groups excluding carboxylic acids is 1. The predicted octanol–water partition coefficient (Wildman–Crippen LogP) is 2.49. The Morgan fingerprint density at radius 2 is 1.81 bits per heavy atom. The second-order valence-corrected chi connectivity index (χ2v) is 8.03. The maximum atomic E-state index is 12.5. The van der Waals surface area contributed by atoms with Gasteiger partial charge in [0, 0.05) is 18.3 Å². The van der Waals surface area contributed by atoms with E-state index in [4.69, 9.17) is 11.5 Å². The molecule has 1 aromatic carbocycles. The van der Waals surface area contributed by atoms with Crippen LogP contribution in [0.4, 0.5) is 23.1 Å². The first-order chi connectivity index (χ1) is 15.1. The van der Waals surface area contributed by atoms with Crippen molar-refractivity contribution in [2.45, 2.75) is 33.2 Å². The number of nitrogens with zero attached hydrogens (tertiary/aromatic N) is 4. The molecule has 32 heavy (non-hydrogen) atoms. The lowest BCUT2D eigenvalue weighted by Crippen LogP contribution is -2.41. The molecule has 0 aliphatic carbocycles. The molecule has 3 aromatic rings. The summed E-state index contributed by atoms with van der Waals surface area (Å²) < 4.78 is 0. The number of carboxylic acid groups (broad SMARTS) is 1. The van der Waals surface area contributed by atoms with E-state index < -0.39 is 17.9 Å².